The topological polar surface area (TPSA) is 57.8 Å². The summed E-state index contributed by atoms with van der Waals surface area (Å²) >= 11 is 0. The van der Waals surface area contributed by atoms with Gasteiger partial charge in [0.2, 0.25) is 0 Å². The summed E-state index contributed by atoms with van der Waals surface area (Å²) in [6.45, 7) is 3.36. The fraction of sp³-hybridized carbons (Fsp3) is 0.429. The summed E-state index contributed by atoms with van der Waals surface area (Å²) in [5.74, 6) is 0. The zero-order valence-corrected chi connectivity index (χ0v) is 6.27. The van der Waals surface area contributed by atoms with E-state index in [1.807, 2.05) is 6.92 Å². The molecule has 0 amide bonds. The highest BCUT2D eigenvalue weighted by atomic mass is 16.1. The smallest absolute Gasteiger partial charge is 0.269 e. The normalized spacial score (nSPS) is 15.0. The molecule has 0 saturated heterocycles. The van der Waals surface area contributed by atoms with Crippen LogP contribution < -0.4 is 10.9 Å². The molecular weight excluding hydrogens is 142 g/mol. The van der Waals surface area contributed by atoms with Gasteiger partial charge in [-0.05, 0) is 12.5 Å². The summed E-state index contributed by atoms with van der Waals surface area (Å²) in [5, 5.41) is 9.44. The molecule has 1 aromatic heterocycles. The first kappa shape index (κ1) is 6.54. The van der Waals surface area contributed by atoms with Crippen molar-refractivity contribution in [3.05, 3.63) is 27.2 Å². The zero-order chi connectivity index (χ0) is 7.84. The first-order valence-corrected chi connectivity index (χ1v) is 3.57. The quantitative estimate of drug-likeness (QED) is 0.534. The fourth-order valence-corrected chi connectivity index (χ4v) is 1.36. The van der Waals surface area contributed by atoms with E-state index in [-0.39, 0.29) is 5.56 Å². The highest BCUT2D eigenvalue weighted by Crippen LogP contribution is 2.11. The van der Waals surface area contributed by atoms with Crippen molar-refractivity contribution in [2.75, 3.05) is 0 Å². The molecule has 0 aliphatic carbocycles. The molecule has 0 atom stereocenters. The van der Waals surface area contributed by atoms with Crippen LogP contribution in [0.1, 0.15) is 16.8 Å². The molecule has 0 fully saturated rings. The summed E-state index contributed by atoms with van der Waals surface area (Å²) in [6.07, 6.45) is 0. The summed E-state index contributed by atoms with van der Waals surface area (Å²) in [5.41, 5.74) is 2.77. The van der Waals surface area contributed by atoms with Crippen LogP contribution in [0.3, 0.4) is 0 Å². The molecular formula is C7H9N3O. The second-order valence-electron chi connectivity index (χ2n) is 2.70. The van der Waals surface area contributed by atoms with Gasteiger partial charge in [0.1, 0.15) is 0 Å². The number of H-pyrrole nitrogens is 1. The Morgan fingerprint density at radius 2 is 2.09 bits per heavy atom. The molecule has 0 radical (unpaired) electrons. The molecule has 0 bridgehead atoms. The van der Waals surface area contributed by atoms with E-state index in [1.165, 1.54) is 0 Å². The van der Waals surface area contributed by atoms with Crippen molar-refractivity contribution in [2.45, 2.75) is 20.0 Å². The van der Waals surface area contributed by atoms with Gasteiger partial charge >= 0.3 is 0 Å². The molecule has 11 heavy (non-hydrogen) atoms. The molecule has 4 heteroatoms. The van der Waals surface area contributed by atoms with Gasteiger partial charge in [0, 0.05) is 18.7 Å². The minimum absolute atomic E-state index is 0.0596. The van der Waals surface area contributed by atoms with Crippen molar-refractivity contribution in [2.24, 2.45) is 0 Å². The molecule has 0 aromatic carbocycles. The van der Waals surface area contributed by atoms with E-state index in [9.17, 15) is 4.79 Å². The Morgan fingerprint density at radius 1 is 1.36 bits per heavy atom. The Kier molecular flexibility index (Phi) is 1.29. The Labute approximate surface area is 63.6 Å². The van der Waals surface area contributed by atoms with Crippen LogP contribution in [0.4, 0.5) is 0 Å². The molecule has 4 nitrogen and oxygen atoms in total. The minimum Gasteiger partial charge on any atom is -0.308 e. The lowest BCUT2D eigenvalue weighted by atomic mass is 10.1. The van der Waals surface area contributed by atoms with Crippen molar-refractivity contribution in [1.29, 1.82) is 0 Å². The van der Waals surface area contributed by atoms with Crippen LogP contribution in [0.15, 0.2) is 4.79 Å². The Hall–Kier alpha value is -1.16. The van der Waals surface area contributed by atoms with Crippen LogP contribution in [0.5, 0.6) is 0 Å². The Morgan fingerprint density at radius 3 is 2.82 bits per heavy atom. The maximum absolute atomic E-state index is 11.1. The van der Waals surface area contributed by atoms with Gasteiger partial charge in [0.05, 0.1) is 5.69 Å². The first-order valence-electron chi connectivity index (χ1n) is 3.57. The lowest BCUT2D eigenvalue weighted by molar-refractivity contribution is 0.761. The summed E-state index contributed by atoms with van der Waals surface area (Å²) in [7, 11) is 0. The average molecular weight is 151 g/mol. The lowest BCUT2D eigenvalue weighted by Crippen LogP contribution is -2.15. The van der Waals surface area contributed by atoms with Gasteiger partial charge in [0.15, 0.2) is 0 Å². The number of nitrogens with zero attached hydrogens (tertiary/aromatic N) is 1. The maximum Gasteiger partial charge on any atom is 0.269 e. The van der Waals surface area contributed by atoms with Crippen LogP contribution >= 0.6 is 0 Å². The van der Waals surface area contributed by atoms with E-state index in [0.717, 1.165) is 23.4 Å². The molecule has 0 spiro atoms. The number of rotatable bonds is 0. The minimum atomic E-state index is -0.0596. The van der Waals surface area contributed by atoms with Crippen molar-refractivity contribution >= 4 is 0 Å². The molecule has 2 N–H and O–H groups in total. The number of fused-ring (bicyclic) bond motifs is 1. The van der Waals surface area contributed by atoms with Gasteiger partial charge < -0.3 is 5.32 Å². The zero-order valence-electron chi connectivity index (χ0n) is 6.27. The van der Waals surface area contributed by atoms with E-state index >= 15 is 0 Å². The van der Waals surface area contributed by atoms with Crippen LogP contribution in [-0.2, 0) is 13.1 Å². The largest absolute Gasteiger partial charge is 0.308 e. The number of hydrogen-bond acceptors (Lipinski definition) is 3. The number of hydrogen-bond donors (Lipinski definition) is 2. The monoisotopic (exact) mass is 151 g/mol. The highest BCUT2D eigenvalue weighted by molar-refractivity contribution is 5.29. The molecule has 1 aliphatic heterocycles. The van der Waals surface area contributed by atoms with Gasteiger partial charge in [-0.1, -0.05) is 0 Å². The van der Waals surface area contributed by atoms with E-state index in [4.69, 9.17) is 0 Å². The van der Waals surface area contributed by atoms with Gasteiger partial charge in [-0.15, -0.1) is 0 Å². The second kappa shape index (κ2) is 2.17. The van der Waals surface area contributed by atoms with Gasteiger partial charge in [-0.2, -0.15) is 5.10 Å². The SMILES string of the molecule is Cc1n[nH]c(=O)c2c1CNC2. The standard InChI is InChI=1S/C7H9N3O/c1-4-5-2-8-3-6(5)7(11)10-9-4/h8H,2-3H2,1H3,(H,10,11). The summed E-state index contributed by atoms with van der Waals surface area (Å²) in [4.78, 5) is 11.1. The lowest BCUT2D eigenvalue weighted by Gasteiger charge is -1.97. The van der Waals surface area contributed by atoms with Crippen LogP contribution in [0.25, 0.3) is 0 Å². The molecule has 1 aliphatic rings. The van der Waals surface area contributed by atoms with Crippen molar-refractivity contribution in [1.82, 2.24) is 15.5 Å². The average Bonchev–Trinajstić information content (AvgIpc) is 2.45. The summed E-state index contributed by atoms with van der Waals surface area (Å²) in [6, 6.07) is 0. The molecule has 58 valence electrons. The molecule has 2 rings (SSSR count). The van der Waals surface area contributed by atoms with E-state index in [0.29, 0.717) is 6.54 Å². The van der Waals surface area contributed by atoms with E-state index in [1.54, 1.807) is 0 Å². The van der Waals surface area contributed by atoms with Gasteiger partial charge in [-0.3, -0.25) is 4.79 Å². The third-order valence-corrected chi connectivity index (χ3v) is 2.00. The number of aromatic nitrogens is 2. The summed E-state index contributed by atoms with van der Waals surface area (Å²) < 4.78 is 0. The first-order chi connectivity index (χ1) is 5.29. The van der Waals surface area contributed by atoms with Crippen molar-refractivity contribution < 1.29 is 0 Å². The molecule has 0 unspecified atom stereocenters. The van der Waals surface area contributed by atoms with E-state index < -0.39 is 0 Å². The maximum atomic E-state index is 11.1. The number of aromatic amines is 1. The third-order valence-electron chi connectivity index (χ3n) is 2.00. The highest BCUT2D eigenvalue weighted by Gasteiger charge is 2.15. The number of aryl methyl sites for hydroxylation is 1. The van der Waals surface area contributed by atoms with E-state index in [2.05, 4.69) is 15.5 Å². The fourth-order valence-electron chi connectivity index (χ4n) is 1.36. The predicted octanol–water partition coefficient (Wildman–Crippen LogP) is -0.318. The van der Waals surface area contributed by atoms with Crippen molar-refractivity contribution in [3.63, 3.8) is 0 Å². The van der Waals surface area contributed by atoms with Crippen LogP contribution in [0, 0.1) is 6.92 Å². The van der Waals surface area contributed by atoms with Gasteiger partial charge in [0.25, 0.3) is 5.56 Å². The molecule has 0 saturated carbocycles. The van der Waals surface area contributed by atoms with Crippen LogP contribution in [-0.4, -0.2) is 10.2 Å². The Balaban J connectivity index is 2.74. The third kappa shape index (κ3) is 0.867. The second-order valence-corrected chi connectivity index (χ2v) is 2.70. The van der Waals surface area contributed by atoms with Crippen molar-refractivity contribution in [3.8, 4) is 0 Å². The molecule has 2 heterocycles. The number of nitrogens with one attached hydrogen (secondary N) is 2. The Bertz CT molecular complexity index is 342. The van der Waals surface area contributed by atoms with Gasteiger partial charge in [-0.25, -0.2) is 5.10 Å². The van der Waals surface area contributed by atoms with Crippen LogP contribution in [0.2, 0.25) is 0 Å². The predicted molar refractivity (Wildman–Crippen MR) is 40.1 cm³/mol. The molecule has 1 aromatic rings.